The van der Waals surface area contributed by atoms with Crippen molar-refractivity contribution in [3.8, 4) is 0 Å². The van der Waals surface area contributed by atoms with Gasteiger partial charge < -0.3 is 5.11 Å². The third-order valence-electron chi connectivity index (χ3n) is 2.99. The van der Waals surface area contributed by atoms with Crippen LogP contribution in [-0.4, -0.2) is 21.5 Å². The molecule has 0 aliphatic rings. The second-order valence-electron chi connectivity index (χ2n) is 4.43. The van der Waals surface area contributed by atoms with Crippen molar-refractivity contribution in [1.29, 1.82) is 0 Å². The summed E-state index contributed by atoms with van der Waals surface area (Å²) in [5, 5.41) is 34.2. The second kappa shape index (κ2) is 6.59. The number of aromatic amines is 1. The summed E-state index contributed by atoms with van der Waals surface area (Å²) in [6, 6.07) is 8.28. The monoisotopic (exact) mass is 305 g/mol. The number of hydrogen-bond acceptors (Lipinski definition) is 6. The number of anilines is 1. The molecular weight excluding hydrogens is 292 g/mol. The molecule has 1 aromatic heterocycles. The van der Waals surface area contributed by atoms with Crippen LogP contribution in [0.3, 0.4) is 0 Å². The lowest BCUT2D eigenvalue weighted by Crippen LogP contribution is -2.19. The van der Waals surface area contributed by atoms with Gasteiger partial charge in [-0.25, -0.2) is 4.98 Å². The lowest BCUT2D eigenvalue weighted by molar-refractivity contribution is -0.409. The van der Waals surface area contributed by atoms with Crippen molar-refractivity contribution < 1.29 is 19.9 Å². The Morgan fingerprint density at radius 1 is 1.14 bits per heavy atom. The summed E-state index contributed by atoms with van der Waals surface area (Å²) in [7, 11) is 0. The van der Waals surface area contributed by atoms with Crippen molar-refractivity contribution in [1.82, 2.24) is 0 Å². The Balaban J connectivity index is 2.05. The maximum atomic E-state index is 10.9. The molecule has 0 aliphatic heterocycles. The van der Waals surface area contributed by atoms with Crippen molar-refractivity contribution in [2.24, 2.45) is 0 Å². The second-order valence-corrected chi connectivity index (χ2v) is 4.43. The van der Waals surface area contributed by atoms with Gasteiger partial charge in [0, 0.05) is 18.2 Å². The fourth-order valence-electron chi connectivity index (χ4n) is 1.86. The fourth-order valence-corrected chi connectivity index (χ4v) is 1.86. The van der Waals surface area contributed by atoms with Gasteiger partial charge in [0.1, 0.15) is 12.6 Å². The molecule has 0 spiro atoms. The maximum absolute atomic E-state index is 10.9. The highest BCUT2D eigenvalue weighted by molar-refractivity contribution is 5.51. The van der Waals surface area contributed by atoms with E-state index in [1.807, 2.05) is 0 Å². The van der Waals surface area contributed by atoms with Crippen molar-refractivity contribution in [3.05, 3.63) is 68.4 Å². The largest absolute Gasteiger partial charge is 0.384 e. The molecule has 0 radical (unpaired) electrons. The van der Waals surface area contributed by atoms with E-state index in [0.29, 0.717) is 5.56 Å². The van der Waals surface area contributed by atoms with E-state index in [-0.39, 0.29) is 23.7 Å². The number of rotatable bonds is 6. The zero-order valence-corrected chi connectivity index (χ0v) is 11.3. The molecule has 0 bridgehead atoms. The molecule has 9 heteroatoms. The first-order valence-corrected chi connectivity index (χ1v) is 6.30. The number of nitrogens with zero attached hydrogens (tertiary/aromatic N) is 2. The topological polar surface area (TPSA) is 133 Å². The van der Waals surface area contributed by atoms with Crippen molar-refractivity contribution in [3.63, 3.8) is 0 Å². The van der Waals surface area contributed by atoms with E-state index in [1.54, 1.807) is 0 Å². The summed E-state index contributed by atoms with van der Waals surface area (Å²) >= 11 is 0. The third kappa shape index (κ3) is 3.52. The van der Waals surface area contributed by atoms with Gasteiger partial charge in [-0.2, -0.15) is 0 Å². The SMILES string of the molecule is O=[N+]([O-])c1ccc([C@@H](O)CNc2[nH+]cccc2[N+](=O)[O-])cc1. The standard InChI is InChI=1S/C13H12N4O5/c18-12(9-3-5-10(6-4-9)16(19)20)8-15-13-11(17(21)22)2-1-7-14-13/h1-7,12,18H,8H2,(H,14,15)/p+1/t12-/m0/s1. The van der Waals surface area contributed by atoms with Crippen LogP contribution >= 0.6 is 0 Å². The minimum Gasteiger partial charge on any atom is -0.384 e. The maximum Gasteiger partial charge on any atom is 0.357 e. The van der Waals surface area contributed by atoms with Gasteiger partial charge in [-0.05, 0) is 23.8 Å². The summed E-state index contributed by atoms with van der Waals surface area (Å²) in [4.78, 5) is 23.0. The van der Waals surface area contributed by atoms with Crippen LogP contribution in [0.5, 0.6) is 0 Å². The number of nitro groups is 2. The van der Waals surface area contributed by atoms with Gasteiger partial charge in [0.25, 0.3) is 5.69 Å². The van der Waals surface area contributed by atoms with Gasteiger partial charge in [-0.3, -0.25) is 25.5 Å². The fraction of sp³-hybridized carbons (Fsp3) is 0.154. The molecule has 0 fully saturated rings. The Labute approximate surface area is 124 Å². The van der Waals surface area contributed by atoms with Crippen LogP contribution in [0, 0.1) is 20.2 Å². The van der Waals surface area contributed by atoms with Crippen molar-refractivity contribution >= 4 is 17.2 Å². The van der Waals surface area contributed by atoms with E-state index in [9.17, 15) is 25.3 Å². The number of hydrogen-bond donors (Lipinski definition) is 2. The first kappa shape index (κ1) is 15.3. The third-order valence-corrected chi connectivity index (χ3v) is 2.99. The molecule has 0 saturated heterocycles. The minimum atomic E-state index is -0.964. The van der Waals surface area contributed by atoms with Crippen LogP contribution in [0.1, 0.15) is 11.7 Å². The molecule has 0 unspecified atom stereocenters. The number of aliphatic hydroxyl groups excluding tert-OH is 1. The van der Waals surface area contributed by atoms with Gasteiger partial charge in [-0.1, -0.05) is 0 Å². The smallest absolute Gasteiger partial charge is 0.357 e. The zero-order valence-electron chi connectivity index (χ0n) is 11.3. The molecule has 2 aromatic rings. The number of nitro benzene ring substituents is 1. The van der Waals surface area contributed by atoms with Crippen molar-refractivity contribution in [2.45, 2.75) is 6.10 Å². The van der Waals surface area contributed by atoms with Gasteiger partial charge in [0.2, 0.25) is 0 Å². The van der Waals surface area contributed by atoms with Crippen LogP contribution in [0.15, 0.2) is 42.6 Å². The van der Waals surface area contributed by atoms with Crippen LogP contribution in [0.4, 0.5) is 17.2 Å². The number of non-ortho nitro benzene ring substituents is 1. The van der Waals surface area contributed by atoms with E-state index in [4.69, 9.17) is 0 Å². The van der Waals surface area contributed by atoms with Gasteiger partial charge >= 0.3 is 11.5 Å². The van der Waals surface area contributed by atoms with E-state index in [0.717, 1.165) is 0 Å². The van der Waals surface area contributed by atoms with E-state index in [2.05, 4.69) is 10.3 Å². The first-order valence-electron chi connectivity index (χ1n) is 6.30. The molecule has 1 heterocycles. The number of H-pyrrole nitrogens is 1. The number of nitrogens with one attached hydrogen (secondary N) is 2. The Kier molecular flexibility index (Phi) is 4.59. The van der Waals surface area contributed by atoms with E-state index >= 15 is 0 Å². The Bertz CT molecular complexity index is 689. The highest BCUT2D eigenvalue weighted by Gasteiger charge is 2.21. The lowest BCUT2D eigenvalue weighted by Gasteiger charge is -2.08. The Morgan fingerprint density at radius 2 is 1.82 bits per heavy atom. The Morgan fingerprint density at radius 3 is 2.41 bits per heavy atom. The van der Waals surface area contributed by atoms with Crippen LogP contribution in [-0.2, 0) is 0 Å². The van der Waals surface area contributed by atoms with E-state index in [1.165, 1.54) is 42.6 Å². The minimum absolute atomic E-state index is 0.0131. The quantitative estimate of drug-likeness (QED) is 0.613. The van der Waals surface area contributed by atoms with Crippen molar-refractivity contribution in [2.75, 3.05) is 11.9 Å². The highest BCUT2D eigenvalue weighted by atomic mass is 16.6. The Hall–Kier alpha value is -3.07. The van der Waals surface area contributed by atoms with Crippen LogP contribution in [0.2, 0.25) is 0 Å². The molecule has 22 heavy (non-hydrogen) atoms. The molecule has 0 amide bonds. The average molecular weight is 305 g/mol. The molecular formula is C13H13N4O5+. The normalized spacial score (nSPS) is 11.7. The molecule has 1 atom stereocenters. The summed E-state index contributed by atoms with van der Waals surface area (Å²) < 4.78 is 0. The average Bonchev–Trinajstić information content (AvgIpc) is 2.52. The number of pyridine rings is 1. The summed E-state index contributed by atoms with van der Waals surface area (Å²) in [6.45, 7) is 0.0131. The molecule has 2 rings (SSSR count). The number of aromatic nitrogens is 1. The lowest BCUT2D eigenvalue weighted by atomic mass is 10.1. The molecule has 0 saturated carbocycles. The van der Waals surface area contributed by atoms with Crippen LogP contribution < -0.4 is 10.3 Å². The summed E-state index contributed by atoms with van der Waals surface area (Å²) in [5.74, 6) is 0.175. The molecule has 3 N–H and O–H groups in total. The van der Waals surface area contributed by atoms with Gasteiger partial charge in [0.05, 0.1) is 16.0 Å². The van der Waals surface area contributed by atoms with E-state index < -0.39 is 16.0 Å². The molecule has 9 nitrogen and oxygen atoms in total. The number of benzene rings is 1. The number of aliphatic hydroxyl groups is 1. The summed E-state index contributed by atoms with van der Waals surface area (Å²) in [6.07, 6.45) is 0.558. The van der Waals surface area contributed by atoms with Gasteiger partial charge in [-0.15, -0.1) is 0 Å². The zero-order chi connectivity index (χ0) is 16.1. The van der Waals surface area contributed by atoms with Gasteiger partial charge in [0.15, 0.2) is 0 Å². The molecule has 114 valence electrons. The predicted molar refractivity (Wildman–Crippen MR) is 76.2 cm³/mol. The molecule has 1 aromatic carbocycles. The molecule has 0 aliphatic carbocycles. The summed E-state index contributed by atoms with van der Waals surface area (Å²) in [5.41, 5.74) is 0.256. The van der Waals surface area contributed by atoms with Crippen LogP contribution in [0.25, 0.3) is 0 Å². The first-order chi connectivity index (χ1) is 10.5. The predicted octanol–water partition coefficient (Wildman–Crippen LogP) is 1.46. The highest BCUT2D eigenvalue weighted by Crippen LogP contribution is 2.21.